The molecule has 0 spiro atoms. The summed E-state index contributed by atoms with van der Waals surface area (Å²) in [6.45, 7) is 0. The molecule has 0 aromatic heterocycles. The molecular weight excluding hydrogens is 333 g/mol. The second-order valence-corrected chi connectivity index (χ2v) is 4.38. The van der Waals surface area contributed by atoms with Crippen molar-refractivity contribution in [3.63, 3.8) is 0 Å². The lowest BCUT2D eigenvalue weighted by atomic mass is 9.98. The smallest absolute Gasteiger partial charge is 0.419 e. The summed E-state index contributed by atoms with van der Waals surface area (Å²) in [6.07, 6.45) is -5.37. The van der Waals surface area contributed by atoms with Gasteiger partial charge in [0.15, 0.2) is 29.0 Å². The molecule has 2 aromatic carbocycles. The first kappa shape index (κ1) is 16.8. The number of benzene rings is 2. The lowest BCUT2D eigenvalue weighted by Gasteiger charge is -2.13. The number of phenols is 1. The number of hydrogen-bond donors (Lipinski definition) is 1. The summed E-state index contributed by atoms with van der Waals surface area (Å²) in [6, 6.07) is 2.07. The van der Waals surface area contributed by atoms with Gasteiger partial charge in [0.1, 0.15) is 0 Å². The van der Waals surface area contributed by atoms with E-state index in [4.69, 9.17) is 0 Å². The molecule has 0 atom stereocenters. The van der Waals surface area contributed by atoms with E-state index in [-0.39, 0.29) is 6.07 Å². The number of aromatic hydroxyl groups is 1. The molecule has 1 N–H and O–H groups in total. The highest BCUT2D eigenvalue weighted by Crippen LogP contribution is 2.37. The summed E-state index contributed by atoms with van der Waals surface area (Å²) in [5.41, 5.74) is -4.55. The Bertz CT molecular complexity index is 797. The van der Waals surface area contributed by atoms with Crippen molar-refractivity contribution in [2.45, 2.75) is 6.18 Å². The number of carbonyl (C=O) groups excluding carboxylic acids is 1. The molecule has 0 unspecified atom stereocenters. The Hall–Kier alpha value is -2.58. The van der Waals surface area contributed by atoms with Gasteiger partial charge in [0.05, 0.1) is 16.7 Å². The van der Waals surface area contributed by atoms with E-state index >= 15 is 0 Å². The molecule has 0 amide bonds. The van der Waals surface area contributed by atoms with Crippen molar-refractivity contribution >= 4 is 5.78 Å². The van der Waals surface area contributed by atoms with E-state index in [1.807, 2.05) is 0 Å². The quantitative estimate of drug-likeness (QED) is 0.658. The first-order chi connectivity index (χ1) is 10.6. The number of hydrogen-bond acceptors (Lipinski definition) is 2. The molecule has 0 heterocycles. The minimum atomic E-state index is -5.37. The van der Waals surface area contributed by atoms with Crippen LogP contribution in [0.1, 0.15) is 21.5 Å². The first-order valence-electron chi connectivity index (χ1n) is 5.82. The van der Waals surface area contributed by atoms with E-state index < -0.39 is 57.7 Å². The topological polar surface area (TPSA) is 37.3 Å². The number of alkyl halides is 3. The Labute approximate surface area is 123 Å². The van der Waals surface area contributed by atoms with Gasteiger partial charge in [-0.3, -0.25) is 4.79 Å². The van der Waals surface area contributed by atoms with E-state index in [9.17, 15) is 40.6 Å². The third-order valence-electron chi connectivity index (χ3n) is 2.93. The van der Waals surface area contributed by atoms with Crippen LogP contribution in [0.2, 0.25) is 0 Å². The van der Waals surface area contributed by atoms with Gasteiger partial charge < -0.3 is 5.11 Å². The number of carbonyl (C=O) groups is 1. The number of halogens is 7. The van der Waals surface area contributed by atoms with Gasteiger partial charge in [0.25, 0.3) is 0 Å². The SMILES string of the molecule is O=C(c1cc(C(F)(F)F)c(F)c(F)c1O)c1cccc(F)c1F. The second-order valence-electron chi connectivity index (χ2n) is 4.38. The van der Waals surface area contributed by atoms with E-state index in [1.165, 1.54) is 0 Å². The summed E-state index contributed by atoms with van der Waals surface area (Å²) in [7, 11) is 0. The van der Waals surface area contributed by atoms with Crippen LogP contribution >= 0.6 is 0 Å². The third-order valence-corrected chi connectivity index (χ3v) is 2.93. The Kier molecular flexibility index (Phi) is 4.06. The molecule has 0 aliphatic heterocycles. The van der Waals surface area contributed by atoms with Crippen LogP contribution in [-0.2, 0) is 6.18 Å². The number of phenolic OH excluding ortho intramolecular Hbond substituents is 1. The standard InChI is InChI=1S/C14H5F7O2/c15-8-3-1-2-5(9(8)16)12(22)6-4-7(14(19,20)21)10(17)11(18)13(6)23/h1-4,23H. The molecular formula is C14H5F7O2. The van der Waals surface area contributed by atoms with Crippen LogP contribution in [0.15, 0.2) is 24.3 Å². The Morgan fingerprint density at radius 3 is 2.09 bits per heavy atom. The maximum Gasteiger partial charge on any atom is 0.419 e. The summed E-state index contributed by atoms with van der Waals surface area (Å²) in [5, 5.41) is 9.34. The van der Waals surface area contributed by atoms with Crippen LogP contribution in [0.3, 0.4) is 0 Å². The molecule has 0 saturated heterocycles. The maximum absolute atomic E-state index is 13.5. The van der Waals surface area contributed by atoms with Gasteiger partial charge in [-0.2, -0.15) is 17.6 Å². The lowest BCUT2D eigenvalue weighted by molar-refractivity contribution is -0.140. The molecule has 23 heavy (non-hydrogen) atoms. The highest BCUT2D eigenvalue weighted by molar-refractivity contribution is 6.11. The molecule has 0 fully saturated rings. The molecule has 0 radical (unpaired) electrons. The van der Waals surface area contributed by atoms with Crippen molar-refractivity contribution < 1.29 is 40.6 Å². The zero-order valence-electron chi connectivity index (χ0n) is 10.8. The number of rotatable bonds is 2. The minimum Gasteiger partial charge on any atom is -0.504 e. The van der Waals surface area contributed by atoms with Gasteiger partial charge in [0.2, 0.25) is 5.82 Å². The van der Waals surface area contributed by atoms with Gasteiger partial charge in [-0.05, 0) is 18.2 Å². The molecule has 122 valence electrons. The average molecular weight is 338 g/mol. The maximum atomic E-state index is 13.5. The van der Waals surface area contributed by atoms with Gasteiger partial charge >= 0.3 is 6.18 Å². The summed E-state index contributed by atoms with van der Waals surface area (Å²) in [5.74, 6) is -11.3. The van der Waals surface area contributed by atoms with Crippen LogP contribution in [0.5, 0.6) is 5.75 Å². The summed E-state index contributed by atoms with van der Waals surface area (Å²) in [4.78, 5) is 12.0. The highest BCUT2D eigenvalue weighted by atomic mass is 19.4. The number of ketones is 1. The lowest BCUT2D eigenvalue weighted by Crippen LogP contribution is -2.14. The van der Waals surface area contributed by atoms with Gasteiger partial charge in [0, 0.05) is 0 Å². The van der Waals surface area contributed by atoms with Crippen molar-refractivity contribution in [3.05, 3.63) is 64.2 Å². The van der Waals surface area contributed by atoms with Crippen molar-refractivity contribution in [2.24, 2.45) is 0 Å². The van der Waals surface area contributed by atoms with E-state index in [2.05, 4.69) is 0 Å². The minimum absolute atomic E-state index is 0.166. The molecule has 2 nitrogen and oxygen atoms in total. The monoisotopic (exact) mass is 338 g/mol. The van der Waals surface area contributed by atoms with Crippen LogP contribution < -0.4 is 0 Å². The summed E-state index contributed by atoms with van der Waals surface area (Å²) < 4.78 is 91.1. The zero-order valence-corrected chi connectivity index (χ0v) is 10.8. The van der Waals surface area contributed by atoms with Gasteiger partial charge in [-0.25, -0.2) is 13.2 Å². The zero-order chi connectivity index (χ0) is 17.5. The van der Waals surface area contributed by atoms with Crippen LogP contribution in [-0.4, -0.2) is 10.9 Å². The molecule has 9 heteroatoms. The molecule has 2 aromatic rings. The average Bonchev–Trinajstić information content (AvgIpc) is 2.46. The predicted molar refractivity (Wildman–Crippen MR) is 62.8 cm³/mol. The molecule has 0 bridgehead atoms. The first-order valence-corrected chi connectivity index (χ1v) is 5.82. The van der Waals surface area contributed by atoms with Gasteiger partial charge in [-0.15, -0.1) is 0 Å². The third kappa shape index (κ3) is 2.86. The van der Waals surface area contributed by atoms with Gasteiger partial charge in [-0.1, -0.05) is 6.07 Å². The van der Waals surface area contributed by atoms with E-state index in [0.717, 1.165) is 6.07 Å². The van der Waals surface area contributed by atoms with E-state index in [1.54, 1.807) is 0 Å². The predicted octanol–water partition coefficient (Wildman–Crippen LogP) is 4.20. The fraction of sp³-hybridized carbons (Fsp3) is 0.0714. The Morgan fingerprint density at radius 1 is 0.913 bits per heavy atom. The van der Waals surface area contributed by atoms with Crippen molar-refractivity contribution in [2.75, 3.05) is 0 Å². The van der Waals surface area contributed by atoms with E-state index in [0.29, 0.717) is 12.1 Å². The molecule has 0 aliphatic carbocycles. The molecule has 2 rings (SSSR count). The molecule has 0 saturated carbocycles. The van der Waals surface area contributed by atoms with Crippen LogP contribution in [0, 0.1) is 23.3 Å². The fourth-order valence-electron chi connectivity index (χ4n) is 1.82. The molecule has 0 aliphatic rings. The normalized spacial score (nSPS) is 11.6. The van der Waals surface area contributed by atoms with Crippen molar-refractivity contribution in [1.29, 1.82) is 0 Å². The van der Waals surface area contributed by atoms with Crippen molar-refractivity contribution in [3.8, 4) is 5.75 Å². The largest absolute Gasteiger partial charge is 0.504 e. The second kappa shape index (κ2) is 5.56. The summed E-state index contributed by atoms with van der Waals surface area (Å²) >= 11 is 0. The van der Waals surface area contributed by atoms with Crippen molar-refractivity contribution in [1.82, 2.24) is 0 Å². The van der Waals surface area contributed by atoms with Crippen LogP contribution in [0.4, 0.5) is 30.7 Å². The Morgan fingerprint density at radius 2 is 1.52 bits per heavy atom. The van der Waals surface area contributed by atoms with Crippen LogP contribution in [0.25, 0.3) is 0 Å². The highest BCUT2D eigenvalue weighted by Gasteiger charge is 2.38. The fourth-order valence-corrected chi connectivity index (χ4v) is 1.82. The Balaban J connectivity index is 2.71.